The zero-order chi connectivity index (χ0) is 17.2. The molecule has 122 valence electrons. The van der Waals surface area contributed by atoms with Gasteiger partial charge < -0.3 is 16.0 Å². The van der Waals surface area contributed by atoms with Crippen LogP contribution in [0.1, 0.15) is 43.4 Å². The minimum atomic E-state index is -0.637. The monoisotopic (exact) mass is 345 g/mol. The predicted octanol–water partition coefficient (Wildman–Crippen LogP) is 2.48. The Labute approximate surface area is 142 Å². The highest BCUT2D eigenvalue weighted by atomic mass is 35.5. The average molecular weight is 346 g/mol. The largest absolute Gasteiger partial charge is 0.398 e. The number of rotatable bonds is 1. The Bertz CT molecular complexity index is 929. The molecule has 1 unspecified atom stereocenters. The number of carbonyl (C=O) groups excluding carboxylic acids is 2. The van der Waals surface area contributed by atoms with Crippen LogP contribution in [-0.4, -0.2) is 23.8 Å². The molecule has 0 bridgehead atoms. The number of benzene rings is 2. The van der Waals surface area contributed by atoms with E-state index in [9.17, 15) is 14.0 Å². The fraction of sp³-hybridized carbons (Fsp3) is 0.176. The summed E-state index contributed by atoms with van der Waals surface area (Å²) in [7, 11) is 1.67. The molecule has 2 aromatic rings. The molecule has 2 aliphatic heterocycles. The predicted molar refractivity (Wildman–Crippen MR) is 87.4 cm³/mol. The molecule has 4 rings (SSSR count). The van der Waals surface area contributed by atoms with E-state index >= 15 is 0 Å². The van der Waals surface area contributed by atoms with Gasteiger partial charge in [-0.15, -0.1) is 0 Å². The highest BCUT2D eigenvalue weighted by molar-refractivity contribution is 6.31. The van der Waals surface area contributed by atoms with E-state index in [1.165, 1.54) is 23.1 Å². The molecule has 0 radical (unpaired) electrons. The number of nitrogens with zero attached hydrogens (tertiary/aromatic N) is 1. The maximum atomic E-state index is 13.6. The van der Waals surface area contributed by atoms with Crippen LogP contribution in [0.4, 0.5) is 10.1 Å². The van der Waals surface area contributed by atoms with E-state index in [-0.39, 0.29) is 11.8 Å². The smallest absolute Gasteiger partial charge is 0.254 e. The zero-order valence-corrected chi connectivity index (χ0v) is 13.4. The quantitative estimate of drug-likeness (QED) is 0.780. The SMILES string of the molecule is CN1Cc2c(cc(N)c3c2C(=O)NC3c2cc(F)ccc2Cl)C1=O. The second-order valence-electron chi connectivity index (χ2n) is 6.01. The molecule has 2 amide bonds. The van der Waals surface area contributed by atoms with E-state index in [1.54, 1.807) is 13.1 Å². The van der Waals surface area contributed by atoms with Gasteiger partial charge >= 0.3 is 0 Å². The van der Waals surface area contributed by atoms with Crippen LogP contribution in [0.5, 0.6) is 0 Å². The highest BCUT2D eigenvalue weighted by Gasteiger charge is 2.40. The van der Waals surface area contributed by atoms with Crippen molar-refractivity contribution in [1.29, 1.82) is 0 Å². The summed E-state index contributed by atoms with van der Waals surface area (Å²) >= 11 is 6.19. The molecule has 0 fully saturated rings. The third-order valence-corrected chi connectivity index (χ3v) is 4.88. The lowest BCUT2D eigenvalue weighted by atomic mass is 9.91. The van der Waals surface area contributed by atoms with Gasteiger partial charge in [0.1, 0.15) is 5.82 Å². The van der Waals surface area contributed by atoms with Crippen molar-refractivity contribution in [2.45, 2.75) is 12.6 Å². The number of hydrogen-bond acceptors (Lipinski definition) is 3. The Morgan fingerprint density at radius 3 is 2.83 bits per heavy atom. The normalized spacial score (nSPS) is 18.6. The number of fused-ring (bicyclic) bond motifs is 3. The van der Waals surface area contributed by atoms with Crippen LogP contribution in [0.2, 0.25) is 5.02 Å². The van der Waals surface area contributed by atoms with Gasteiger partial charge in [0.2, 0.25) is 0 Å². The van der Waals surface area contributed by atoms with Crippen molar-refractivity contribution in [3.8, 4) is 0 Å². The standard InChI is InChI=1S/C17H13ClFN3O2/c1-22-6-10-8(17(22)24)5-12(20)14-13(10)16(23)21-15(14)9-4-7(19)2-3-11(9)18/h2-5,15H,6,20H2,1H3,(H,21,23). The second kappa shape index (κ2) is 4.95. The van der Waals surface area contributed by atoms with Crippen LogP contribution in [0.25, 0.3) is 0 Å². The Balaban J connectivity index is 1.95. The summed E-state index contributed by atoms with van der Waals surface area (Å²) in [5.74, 6) is -0.951. The first kappa shape index (κ1) is 15.0. The summed E-state index contributed by atoms with van der Waals surface area (Å²) in [4.78, 5) is 26.2. The Hall–Kier alpha value is -2.60. The number of nitrogens with one attached hydrogen (secondary N) is 1. The van der Waals surface area contributed by atoms with Gasteiger partial charge in [-0.1, -0.05) is 11.6 Å². The fourth-order valence-electron chi connectivity index (χ4n) is 3.45. The number of amides is 2. The molecule has 3 N–H and O–H groups in total. The maximum absolute atomic E-state index is 13.6. The van der Waals surface area contributed by atoms with E-state index in [4.69, 9.17) is 17.3 Å². The summed E-state index contributed by atoms with van der Waals surface area (Å²) in [6, 6.07) is 4.93. The summed E-state index contributed by atoms with van der Waals surface area (Å²) in [6.45, 7) is 0.341. The van der Waals surface area contributed by atoms with E-state index in [0.29, 0.717) is 45.1 Å². The Kier molecular flexibility index (Phi) is 3.08. The molecule has 2 aromatic carbocycles. The first-order valence-electron chi connectivity index (χ1n) is 7.35. The van der Waals surface area contributed by atoms with Gasteiger partial charge in [-0.25, -0.2) is 4.39 Å². The van der Waals surface area contributed by atoms with Crippen molar-refractivity contribution >= 4 is 29.1 Å². The molecule has 7 heteroatoms. The average Bonchev–Trinajstić information content (AvgIpc) is 3.02. The van der Waals surface area contributed by atoms with Crippen LogP contribution in [0.15, 0.2) is 24.3 Å². The molecular formula is C17H13ClFN3O2. The Morgan fingerprint density at radius 1 is 1.33 bits per heavy atom. The molecule has 0 saturated carbocycles. The van der Waals surface area contributed by atoms with Gasteiger partial charge in [0.15, 0.2) is 0 Å². The molecular weight excluding hydrogens is 333 g/mol. The molecule has 24 heavy (non-hydrogen) atoms. The Morgan fingerprint density at radius 2 is 2.08 bits per heavy atom. The molecule has 5 nitrogen and oxygen atoms in total. The van der Waals surface area contributed by atoms with Gasteiger partial charge in [0.05, 0.1) is 11.6 Å². The minimum Gasteiger partial charge on any atom is -0.398 e. The van der Waals surface area contributed by atoms with Gasteiger partial charge in [0.25, 0.3) is 11.8 Å². The summed E-state index contributed by atoms with van der Waals surface area (Å²) < 4.78 is 13.6. The number of halogens is 2. The maximum Gasteiger partial charge on any atom is 0.254 e. The molecule has 0 aromatic heterocycles. The van der Waals surface area contributed by atoms with Gasteiger partial charge in [-0.05, 0) is 29.8 Å². The first-order valence-corrected chi connectivity index (χ1v) is 7.72. The van der Waals surface area contributed by atoms with Crippen molar-refractivity contribution in [1.82, 2.24) is 10.2 Å². The molecule has 0 saturated heterocycles. The highest BCUT2D eigenvalue weighted by Crippen LogP contribution is 2.42. The van der Waals surface area contributed by atoms with Crippen LogP contribution in [0.3, 0.4) is 0 Å². The van der Waals surface area contributed by atoms with Gasteiger partial charge in [-0.2, -0.15) is 0 Å². The van der Waals surface area contributed by atoms with Crippen LogP contribution < -0.4 is 11.1 Å². The summed E-state index contributed by atoms with van der Waals surface area (Å²) in [6.07, 6.45) is 0. The van der Waals surface area contributed by atoms with Crippen molar-refractivity contribution in [2.75, 3.05) is 12.8 Å². The number of carbonyl (C=O) groups is 2. The third-order valence-electron chi connectivity index (χ3n) is 4.54. The number of nitrogens with two attached hydrogens (primary N) is 1. The van der Waals surface area contributed by atoms with E-state index < -0.39 is 11.9 Å². The van der Waals surface area contributed by atoms with Crippen LogP contribution in [-0.2, 0) is 6.54 Å². The van der Waals surface area contributed by atoms with Crippen molar-refractivity contribution < 1.29 is 14.0 Å². The molecule has 2 heterocycles. The first-order chi connectivity index (χ1) is 11.4. The number of hydrogen-bond donors (Lipinski definition) is 2. The van der Waals surface area contributed by atoms with E-state index in [1.807, 2.05) is 0 Å². The molecule has 1 atom stereocenters. The topological polar surface area (TPSA) is 75.4 Å². The molecule has 0 spiro atoms. The lowest BCUT2D eigenvalue weighted by Gasteiger charge is -2.16. The zero-order valence-electron chi connectivity index (χ0n) is 12.7. The van der Waals surface area contributed by atoms with Crippen molar-refractivity contribution in [2.24, 2.45) is 0 Å². The number of anilines is 1. The summed E-state index contributed by atoms with van der Waals surface area (Å²) in [5.41, 5.74) is 8.92. The lowest BCUT2D eigenvalue weighted by Crippen LogP contribution is -2.21. The second-order valence-corrected chi connectivity index (χ2v) is 6.42. The summed E-state index contributed by atoms with van der Waals surface area (Å²) in [5, 5.41) is 3.14. The minimum absolute atomic E-state index is 0.167. The molecule has 2 aliphatic rings. The van der Waals surface area contributed by atoms with Gasteiger partial charge in [-0.3, -0.25) is 9.59 Å². The number of nitrogen functional groups attached to an aromatic ring is 1. The fourth-order valence-corrected chi connectivity index (χ4v) is 3.67. The van der Waals surface area contributed by atoms with Crippen LogP contribution in [0, 0.1) is 5.82 Å². The van der Waals surface area contributed by atoms with Crippen molar-refractivity contribution in [3.05, 3.63) is 62.9 Å². The van der Waals surface area contributed by atoms with E-state index in [0.717, 1.165) is 0 Å². The third kappa shape index (κ3) is 1.93. The van der Waals surface area contributed by atoms with E-state index in [2.05, 4.69) is 5.32 Å². The van der Waals surface area contributed by atoms with Gasteiger partial charge in [0, 0.05) is 41.0 Å². The van der Waals surface area contributed by atoms with Crippen LogP contribution >= 0.6 is 11.6 Å². The lowest BCUT2D eigenvalue weighted by molar-refractivity contribution is 0.0815. The van der Waals surface area contributed by atoms with Crippen molar-refractivity contribution in [3.63, 3.8) is 0 Å². The molecule has 0 aliphatic carbocycles.